The van der Waals surface area contributed by atoms with E-state index in [-0.39, 0.29) is 5.76 Å². The maximum atomic E-state index is 12.0. The van der Waals surface area contributed by atoms with Crippen LogP contribution in [0.15, 0.2) is 11.8 Å². The first-order chi connectivity index (χ1) is 8.70. The Labute approximate surface area is 113 Å². The fraction of sp³-hybridized carbons (Fsp3) is 0.833. The third kappa shape index (κ3) is 8.13. The molecule has 0 bridgehead atoms. The molecule has 0 atom stereocenters. The molecule has 0 heterocycles. The maximum Gasteiger partial charge on any atom is 0.534 e. The van der Waals surface area contributed by atoms with E-state index in [0.717, 1.165) is 32.1 Å². The molecular weight excluding hydrogens is 281 g/mol. The van der Waals surface area contributed by atoms with Gasteiger partial charge < -0.3 is 4.18 Å². The van der Waals surface area contributed by atoms with E-state index in [1.54, 1.807) is 0 Å². The monoisotopic (exact) mass is 302 g/mol. The van der Waals surface area contributed by atoms with E-state index in [2.05, 4.69) is 11.1 Å². The van der Waals surface area contributed by atoms with Crippen molar-refractivity contribution in [2.45, 2.75) is 64.3 Å². The van der Waals surface area contributed by atoms with Crippen LogP contribution in [0.25, 0.3) is 0 Å². The normalized spacial score (nSPS) is 13.6. The molecule has 0 N–H and O–H groups in total. The van der Waals surface area contributed by atoms with Crippen molar-refractivity contribution in [3.8, 4) is 0 Å². The summed E-state index contributed by atoms with van der Waals surface area (Å²) < 4.78 is 61.4. The zero-order valence-corrected chi connectivity index (χ0v) is 12.1. The van der Waals surface area contributed by atoms with Crippen LogP contribution in [0.5, 0.6) is 0 Å². The predicted molar refractivity (Wildman–Crippen MR) is 67.8 cm³/mol. The molecule has 0 saturated carbocycles. The number of halogens is 3. The summed E-state index contributed by atoms with van der Waals surface area (Å²) in [4.78, 5) is 0. The van der Waals surface area contributed by atoms with E-state index in [1.165, 1.54) is 19.4 Å². The topological polar surface area (TPSA) is 43.4 Å². The van der Waals surface area contributed by atoms with Crippen molar-refractivity contribution >= 4 is 10.1 Å². The van der Waals surface area contributed by atoms with Gasteiger partial charge in [-0.05, 0) is 25.8 Å². The van der Waals surface area contributed by atoms with Gasteiger partial charge in [0.1, 0.15) is 5.76 Å². The number of hydrogen-bond acceptors (Lipinski definition) is 3. The molecule has 0 aliphatic heterocycles. The Morgan fingerprint density at radius 2 is 1.63 bits per heavy atom. The summed E-state index contributed by atoms with van der Waals surface area (Å²) in [6.45, 7) is 3.32. The van der Waals surface area contributed by atoms with Crippen LogP contribution in [-0.4, -0.2) is 13.9 Å². The largest absolute Gasteiger partial charge is 0.534 e. The molecule has 0 aromatic carbocycles. The SMILES string of the molecule is CCCCCCCC/C=C(/C)OS(=O)(=O)C(F)(F)F. The Balaban J connectivity index is 3.96. The molecule has 0 spiro atoms. The number of unbranched alkanes of at least 4 members (excludes halogenated alkanes) is 6. The van der Waals surface area contributed by atoms with Gasteiger partial charge in [0.25, 0.3) is 0 Å². The van der Waals surface area contributed by atoms with Crippen LogP contribution in [0.1, 0.15) is 58.8 Å². The van der Waals surface area contributed by atoms with Gasteiger partial charge in [0.05, 0.1) is 0 Å². The van der Waals surface area contributed by atoms with Crippen molar-refractivity contribution < 1.29 is 25.8 Å². The molecule has 0 radical (unpaired) electrons. The van der Waals surface area contributed by atoms with Crippen LogP contribution >= 0.6 is 0 Å². The van der Waals surface area contributed by atoms with Gasteiger partial charge in [-0.15, -0.1) is 0 Å². The van der Waals surface area contributed by atoms with Gasteiger partial charge in [0, 0.05) is 0 Å². The minimum Gasteiger partial charge on any atom is -0.381 e. The molecule has 0 rings (SSSR count). The molecule has 0 aliphatic rings. The van der Waals surface area contributed by atoms with Crippen LogP contribution < -0.4 is 0 Å². The number of hydrogen-bond donors (Lipinski definition) is 0. The lowest BCUT2D eigenvalue weighted by molar-refractivity contribution is -0.0521. The number of alkyl halides is 3. The molecule has 0 aromatic heterocycles. The van der Waals surface area contributed by atoms with Gasteiger partial charge in [-0.25, -0.2) is 0 Å². The van der Waals surface area contributed by atoms with Gasteiger partial charge in [0.2, 0.25) is 0 Å². The Hall–Kier alpha value is -0.720. The highest BCUT2D eigenvalue weighted by Gasteiger charge is 2.48. The van der Waals surface area contributed by atoms with Crippen molar-refractivity contribution in [3.05, 3.63) is 11.8 Å². The zero-order valence-electron chi connectivity index (χ0n) is 11.3. The second-order valence-electron chi connectivity index (χ2n) is 4.35. The van der Waals surface area contributed by atoms with Gasteiger partial charge >= 0.3 is 15.6 Å². The summed E-state index contributed by atoms with van der Waals surface area (Å²) in [5, 5.41) is 0. The van der Waals surface area contributed by atoms with Gasteiger partial charge in [0.15, 0.2) is 0 Å². The quantitative estimate of drug-likeness (QED) is 0.272. The average Bonchev–Trinajstić information content (AvgIpc) is 2.25. The van der Waals surface area contributed by atoms with E-state index in [0.29, 0.717) is 6.42 Å². The summed E-state index contributed by atoms with van der Waals surface area (Å²) in [5.74, 6) is -0.231. The lowest BCUT2D eigenvalue weighted by Gasteiger charge is -2.09. The Morgan fingerprint density at radius 3 is 2.16 bits per heavy atom. The molecule has 0 aromatic rings. The van der Waals surface area contributed by atoms with Crippen molar-refractivity contribution in [1.82, 2.24) is 0 Å². The number of rotatable bonds is 9. The van der Waals surface area contributed by atoms with Crippen molar-refractivity contribution in [2.24, 2.45) is 0 Å². The second kappa shape index (κ2) is 8.45. The van der Waals surface area contributed by atoms with Crippen LogP contribution in [0.3, 0.4) is 0 Å². The fourth-order valence-corrected chi connectivity index (χ4v) is 1.99. The summed E-state index contributed by atoms with van der Waals surface area (Å²) in [6.07, 6.45) is 8.27. The van der Waals surface area contributed by atoms with E-state index >= 15 is 0 Å². The van der Waals surface area contributed by atoms with Crippen LogP contribution in [0, 0.1) is 0 Å². The van der Waals surface area contributed by atoms with E-state index in [4.69, 9.17) is 0 Å². The molecule has 3 nitrogen and oxygen atoms in total. The third-order valence-electron chi connectivity index (χ3n) is 2.51. The lowest BCUT2D eigenvalue weighted by Crippen LogP contribution is -2.24. The van der Waals surface area contributed by atoms with Crippen LogP contribution in [0.2, 0.25) is 0 Å². The van der Waals surface area contributed by atoms with E-state index < -0.39 is 15.6 Å². The van der Waals surface area contributed by atoms with Gasteiger partial charge in [-0.1, -0.05) is 39.0 Å². The van der Waals surface area contributed by atoms with E-state index in [9.17, 15) is 21.6 Å². The molecule has 0 aliphatic carbocycles. The van der Waals surface area contributed by atoms with Crippen molar-refractivity contribution in [1.29, 1.82) is 0 Å². The smallest absolute Gasteiger partial charge is 0.381 e. The fourth-order valence-electron chi connectivity index (χ4n) is 1.48. The highest BCUT2D eigenvalue weighted by atomic mass is 32.2. The first-order valence-corrected chi connectivity index (χ1v) is 7.79. The molecule has 7 heteroatoms. The first-order valence-electron chi connectivity index (χ1n) is 6.38. The minimum atomic E-state index is -5.52. The Bertz CT molecular complexity index is 372. The van der Waals surface area contributed by atoms with Crippen molar-refractivity contribution in [2.75, 3.05) is 0 Å². The highest BCUT2D eigenvalue weighted by Crippen LogP contribution is 2.26. The molecule has 0 unspecified atom stereocenters. The molecule has 0 saturated heterocycles. The molecule has 19 heavy (non-hydrogen) atoms. The predicted octanol–water partition coefficient (Wildman–Crippen LogP) is 4.51. The standard InChI is InChI=1S/C12H21F3O3S/c1-3-4-5-6-7-8-9-10-11(2)18-19(16,17)12(13,14)15/h10H,3-9H2,1-2H3/b11-10-. The summed E-state index contributed by atoms with van der Waals surface area (Å²) in [7, 11) is -5.52. The Kier molecular flexibility index (Phi) is 8.13. The summed E-state index contributed by atoms with van der Waals surface area (Å²) in [5.41, 5.74) is -5.37. The lowest BCUT2D eigenvalue weighted by atomic mass is 10.1. The van der Waals surface area contributed by atoms with Gasteiger partial charge in [-0.2, -0.15) is 21.6 Å². The van der Waals surface area contributed by atoms with Crippen LogP contribution in [-0.2, 0) is 14.3 Å². The zero-order chi connectivity index (χ0) is 14.9. The summed E-state index contributed by atoms with van der Waals surface area (Å²) >= 11 is 0. The van der Waals surface area contributed by atoms with Gasteiger partial charge in [-0.3, -0.25) is 0 Å². The minimum absolute atomic E-state index is 0.231. The Morgan fingerprint density at radius 1 is 1.11 bits per heavy atom. The third-order valence-corrected chi connectivity index (χ3v) is 3.56. The highest BCUT2D eigenvalue weighted by molar-refractivity contribution is 7.87. The summed E-state index contributed by atoms with van der Waals surface area (Å²) in [6, 6.07) is 0. The molecular formula is C12H21F3O3S. The molecule has 0 amide bonds. The van der Waals surface area contributed by atoms with Crippen LogP contribution in [0.4, 0.5) is 13.2 Å². The molecule has 0 fully saturated rings. The molecule has 114 valence electrons. The second-order valence-corrected chi connectivity index (χ2v) is 5.89. The van der Waals surface area contributed by atoms with E-state index in [1.807, 2.05) is 0 Å². The first kappa shape index (κ1) is 18.3. The number of allylic oxidation sites excluding steroid dienone is 2. The average molecular weight is 302 g/mol. The van der Waals surface area contributed by atoms with Crippen molar-refractivity contribution in [3.63, 3.8) is 0 Å². The maximum absolute atomic E-state index is 12.0.